The molecule has 2 aromatic carbocycles. The van der Waals surface area contributed by atoms with Gasteiger partial charge in [-0.3, -0.25) is 0 Å². The van der Waals surface area contributed by atoms with Crippen molar-refractivity contribution in [1.82, 2.24) is 0 Å². The lowest BCUT2D eigenvalue weighted by Gasteiger charge is -2.18. The Morgan fingerprint density at radius 3 is 2.19 bits per heavy atom. The van der Waals surface area contributed by atoms with Gasteiger partial charge in [0.05, 0.1) is 24.7 Å². The van der Waals surface area contributed by atoms with E-state index in [4.69, 9.17) is 15.2 Å². The number of methoxy groups -OCH3 is 2. The Morgan fingerprint density at radius 1 is 1.05 bits per heavy atom. The van der Waals surface area contributed by atoms with Crippen molar-refractivity contribution >= 4 is 15.9 Å². The number of hydrogen-bond donors (Lipinski definition) is 1. The molecule has 2 rings (SSSR count). The summed E-state index contributed by atoms with van der Waals surface area (Å²) in [6.45, 7) is 2.14. The second-order valence-electron chi connectivity index (χ2n) is 4.80. The summed E-state index contributed by atoms with van der Waals surface area (Å²) in [5.74, 6) is 1.49. The van der Waals surface area contributed by atoms with Crippen LogP contribution < -0.4 is 15.2 Å². The highest BCUT2D eigenvalue weighted by molar-refractivity contribution is 9.10. The van der Waals surface area contributed by atoms with Gasteiger partial charge in [-0.05, 0) is 45.6 Å². The van der Waals surface area contributed by atoms with Gasteiger partial charge in [0.1, 0.15) is 11.5 Å². The molecule has 0 aromatic heterocycles. The fraction of sp³-hybridized carbons (Fsp3) is 0.294. The topological polar surface area (TPSA) is 44.5 Å². The zero-order valence-corrected chi connectivity index (χ0v) is 14.1. The molecule has 112 valence electrons. The van der Waals surface area contributed by atoms with E-state index < -0.39 is 0 Å². The van der Waals surface area contributed by atoms with Crippen LogP contribution in [0.4, 0.5) is 0 Å². The smallest absolute Gasteiger partial charge is 0.133 e. The van der Waals surface area contributed by atoms with Gasteiger partial charge in [0.25, 0.3) is 0 Å². The van der Waals surface area contributed by atoms with E-state index in [1.807, 2.05) is 12.1 Å². The lowest BCUT2D eigenvalue weighted by molar-refractivity contribution is 0.395. The summed E-state index contributed by atoms with van der Waals surface area (Å²) in [4.78, 5) is 0. The van der Waals surface area contributed by atoms with Crippen molar-refractivity contribution in [1.29, 1.82) is 0 Å². The second kappa shape index (κ2) is 6.96. The zero-order chi connectivity index (χ0) is 15.4. The fourth-order valence-electron chi connectivity index (χ4n) is 2.27. The molecule has 3 nitrogen and oxygen atoms in total. The molecule has 0 bridgehead atoms. The number of hydrogen-bond acceptors (Lipinski definition) is 3. The summed E-state index contributed by atoms with van der Waals surface area (Å²) in [5.41, 5.74) is 9.66. The Morgan fingerprint density at radius 2 is 1.67 bits per heavy atom. The van der Waals surface area contributed by atoms with Crippen LogP contribution in [0.25, 0.3) is 0 Å². The number of ether oxygens (including phenoxy) is 2. The number of nitrogens with two attached hydrogens (primary N) is 1. The van der Waals surface area contributed by atoms with E-state index in [0.29, 0.717) is 0 Å². The number of benzene rings is 2. The van der Waals surface area contributed by atoms with Gasteiger partial charge in [0.15, 0.2) is 0 Å². The van der Waals surface area contributed by atoms with Crippen molar-refractivity contribution < 1.29 is 9.47 Å². The summed E-state index contributed by atoms with van der Waals surface area (Å²) in [6, 6.07) is 11.9. The van der Waals surface area contributed by atoms with Crippen LogP contribution in [-0.2, 0) is 6.42 Å². The van der Waals surface area contributed by atoms with Gasteiger partial charge in [-0.1, -0.05) is 31.2 Å². The number of rotatable bonds is 5. The van der Waals surface area contributed by atoms with E-state index in [1.54, 1.807) is 14.2 Å². The van der Waals surface area contributed by atoms with Gasteiger partial charge in [-0.15, -0.1) is 0 Å². The van der Waals surface area contributed by atoms with Crippen LogP contribution >= 0.6 is 15.9 Å². The SMILES string of the molecule is CCc1ccc(C(N)c2cc(OC)c(Br)cc2OC)cc1. The average Bonchev–Trinajstić information content (AvgIpc) is 2.54. The van der Waals surface area contributed by atoms with Crippen LogP contribution in [0.3, 0.4) is 0 Å². The molecule has 0 amide bonds. The largest absolute Gasteiger partial charge is 0.496 e. The van der Waals surface area contributed by atoms with Gasteiger partial charge < -0.3 is 15.2 Å². The molecule has 0 aliphatic rings. The van der Waals surface area contributed by atoms with Crippen molar-refractivity contribution in [3.63, 3.8) is 0 Å². The third-order valence-corrected chi connectivity index (χ3v) is 4.21. The maximum absolute atomic E-state index is 6.41. The van der Waals surface area contributed by atoms with Gasteiger partial charge in [0, 0.05) is 5.56 Å². The molecule has 21 heavy (non-hydrogen) atoms. The highest BCUT2D eigenvalue weighted by Gasteiger charge is 2.17. The average molecular weight is 350 g/mol. The molecule has 1 unspecified atom stereocenters. The summed E-state index contributed by atoms with van der Waals surface area (Å²) in [5, 5.41) is 0. The zero-order valence-electron chi connectivity index (χ0n) is 12.5. The molecular formula is C17H20BrNO2. The van der Waals surface area contributed by atoms with Crippen LogP contribution in [-0.4, -0.2) is 14.2 Å². The van der Waals surface area contributed by atoms with E-state index in [0.717, 1.165) is 33.5 Å². The van der Waals surface area contributed by atoms with Gasteiger partial charge in [-0.25, -0.2) is 0 Å². The van der Waals surface area contributed by atoms with Crippen molar-refractivity contribution in [2.45, 2.75) is 19.4 Å². The van der Waals surface area contributed by atoms with Gasteiger partial charge >= 0.3 is 0 Å². The number of halogens is 1. The van der Waals surface area contributed by atoms with E-state index >= 15 is 0 Å². The predicted molar refractivity (Wildman–Crippen MR) is 89.1 cm³/mol. The number of aryl methyl sites for hydroxylation is 1. The Bertz CT molecular complexity index is 611. The first-order chi connectivity index (χ1) is 10.1. The molecule has 0 saturated carbocycles. The minimum absolute atomic E-state index is 0.257. The Kier molecular flexibility index (Phi) is 5.26. The molecular weight excluding hydrogens is 330 g/mol. The molecule has 0 aliphatic heterocycles. The van der Waals surface area contributed by atoms with Gasteiger partial charge in [-0.2, -0.15) is 0 Å². The quantitative estimate of drug-likeness (QED) is 0.884. The van der Waals surface area contributed by atoms with Crippen molar-refractivity contribution in [2.75, 3.05) is 14.2 Å². The molecule has 4 heteroatoms. The van der Waals surface area contributed by atoms with E-state index in [9.17, 15) is 0 Å². The lowest BCUT2D eigenvalue weighted by Crippen LogP contribution is -2.13. The molecule has 0 spiro atoms. The van der Waals surface area contributed by atoms with Crippen molar-refractivity contribution in [3.8, 4) is 11.5 Å². The fourth-order valence-corrected chi connectivity index (χ4v) is 2.75. The van der Waals surface area contributed by atoms with E-state index in [2.05, 4.69) is 47.1 Å². The van der Waals surface area contributed by atoms with Crippen LogP contribution in [0.1, 0.15) is 29.7 Å². The standard InChI is InChI=1S/C17H20BrNO2/c1-4-11-5-7-12(8-6-11)17(19)13-9-16(21-3)14(18)10-15(13)20-2/h5-10,17H,4,19H2,1-3H3. The monoisotopic (exact) mass is 349 g/mol. The van der Waals surface area contributed by atoms with Crippen molar-refractivity contribution in [3.05, 3.63) is 57.6 Å². The van der Waals surface area contributed by atoms with E-state index in [-0.39, 0.29) is 6.04 Å². The lowest BCUT2D eigenvalue weighted by atomic mass is 9.97. The molecule has 2 aromatic rings. The Labute approximate surface area is 134 Å². The van der Waals surface area contributed by atoms with Crippen molar-refractivity contribution in [2.24, 2.45) is 5.73 Å². The Balaban J connectivity index is 2.43. The van der Waals surface area contributed by atoms with E-state index in [1.165, 1.54) is 5.56 Å². The highest BCUT2D eigenvalue weighted by Crippen LogP contribution is 2.37. The van der Waals surface area contributed by atoms with Crippen LogP contribution in [0, 0.1) is 0 Å². The minimum Gasteiger partial charge on any atom is -0.496 e. The molecule has 2 N–H and O–H groups in total. The predicted octanol–water partition coefficient (Wildman–Crippen LogP) is 4.08. The van der Waals surface area contributed by atoms with Crippen LogP contribution in [0.5, 0.6) is 11.5 Å². The maximum Gasteiger partial charge on any atom is 0.133 e. The van der Waals surface area contributed by atoms with Crippen LogP contribution in [0.2, 0.25) is 0 Å². The van der Waals surface area contributed by atoms with Gasteiger partial charge in [0.2, 0.25) is 0 Å². The normalized spacial score (nSPS) is 12.0. The summed E-state index contributed by atoms with van der Waals surface area (Å²) >= 11 is 3.46. The first kappa shape index (κ1) is 15.9. The molecule has 0 heterocycles. The second-order valence-corrected chi connectivity index (χ2v) is 5.66. The molecule has 0 fully saturated rings. The third kappa shape index (κ3) is 3.39. The summed E-state index contributed by atoms with van der Waals surface area (Å²) < 4.78 is 11.6. The first-order valence-corrected chi connectivity index (χ1v) is 7.65. The first-order valence-electron chi connectivity index (χ1n) is 6.86. The highest BCUT2D eigenvalue weighted by atomic mass is 79.9. The molecule has 0 saturated heterocycles. The Hall–Kier alpha value is -1.52. The molecule has 0 radical (unpaired) electrons. The summed E-state index contributed by atoms with van der Waals surface area (Å²) in [6.07, 6.45) is 1.02. The third-order valence-electron chi connectivity index (χ3n) is 3.59. The summed E-state index contributed by atoms with van der Waals surface area (Å²) in [7, 11) is 3.28. The van der Waals surface area contributed by atoms with Crippen LogP contribution in [0.15, 0.2) is 40.9 Å². The maximum atomic E-state index is 6.41. The molecule has 1 atom stereocenters. The molecule has 0 aliphatic carbocycles. The minimum atomic E-state index is -0.257.